The fourth-order valence-corrected chi connectivity index (χ4v) is 2.10. The first-order valence-corrected chi connectivity index (χ1v) is 6.39. The van der Waals surface area contributed by atoms with Crippen LogP contribution in [0.1, 0.15) is 19.4 Å². The van der Waals surface area contributed by atoms with Gasteiger partial charge < -0.3 is 4.74 Å². The van der Waals surface area contributed by atoms with Crippen LogP contribution in [0.5, 0.6) is 0 Å². The zero-order chi connectivity index (χ0) is 14.5. The Bertz CT molecular complexity index is 664. The molecule has 1 aromatic rings. The zero-order valence-corrected chi connectivity index (χ0v) is 11.7. The van der Waals surface area contributed by atoms with Gasteiger partial charge in [0.15, 0.2) is 0 Å². The summed E-state index contributed by atoms with van der Waals surface area (Å²) in [7, 11) is 0. The molecule has 100 valence electrons. The van der Waals surface area contributed by atoms with Crippen LogP contribution in [0.15, 0.2) is 65.3 Å². The van der Waals surface area contributed by atoms with E-state index in [2.05, 4.69) is 18.4 Å². The molecule has 2 nitrogen and oxygen atoms in total. The number of allylic oxidation sites excluding steroid dienone is 2. The van der Waals surface area contributed by atoms with Crippen LogP contribution in [-0.4, -0.2) is 12.6 Å². The molecule has 0 fully saturated rings. The average Bonchev–Trinajstić information content (AvgIpc) is 2.43. The van der Waals surface area contributed by atoms with Crippen molar-refractivity contribution in [1.82, 2.24) is 0 Å². The van der Waals surface area contributed by atoms with Crippen molar-refractivity contribution in [2.45, 2.75) is 13.8 Å². The van der Waals surface area contributed by atoms with Gasteiger partial charge in [-0.1, -0.05) is 42.2 Å². The minimum Gasteiger partial charge on any atom is -0.457 e. The van der Waals surface area contributed by atoms with Crippen molar-refractivity contribution in [2.24, 2.45) is 0 Å². The van der Waals surface area contributed by atoms with E-state index in [1.165, 1.54) is 0 Å². The second-order valence-electron chi connectivity index (χ2n) is 4.66. The van der Waals surface area contributed by atoms with E-state index < -0.39 is 0 Å². The Morgan fingerprint density at radius 3 is 2.70 bits per heavy atom. The highest BCUT2D eigenvalue weighted by Crippen LogP contribution is 2.27. The van der Waals surface area contributed by atoms with Gasteiger partial charge in [0.1, 0.15) is 6.61 Å². The maximum atomic E-state index is 11.6. The van der Waals surface area contributed by atoms with Gasteiger partial charge in [-0.05, 0) is 37.6 Å². The van der Waals surface area contributed by atoms with E-state index in [9.17, 15) is 4.79 Å². The molecule has 1 aliphatic heterocycles. The molecule has 1 heterocycles. The smallest absolute Gasteiger partial charge is 0.334 e. The summed E-state index contributed by atoms with van der Waals surface area (Å²) in [6, 6.07) is 9.75. The Morgan fingerprint density at radius 2 is 2.05 bits per heavy atom. The lowest BCUT2D eigenvalue weighted by atomic mass is 9.93. The number of rotatable bonds is 1. The van der Waals surface area contributed by atoms with Crippen LogP contribution in [0.2, 0.25) is 0 Å². The first-order chi connectivity index (χ1) is 9.59. The Labute approximate surface area is 119 Å². The van der Waals surface area contributed by atoms with Crippen LogP contribution in [0, 0.1) is 11.8 Å². The molecule has 0 aliphatic carbocycles. The second-order valence-corrected chi connectivity index (χ2v) is 4.66. The van der Waals surface area contributed by atoms with Gasteiger partial charge in [0.25, 0.3) is 0 Å². The van der Waals surface area contributed by atoms with Gasteiger partial charge in [-0.25, -0.2) is 4.79 Å². The molecule has 0 bridgehead atoms. The van der Waals surface area contributed by atoms with Gasteiger partial charge in [-0.2, -0.15) is 0 Å². The second kappa shape index (κ2) is 6.08. The number of carbonyl (C=O) groups excluding carboxylic acids is 1. The Morgan fingerprint density at radius 1 is 1.35 bits per heavy atom. The quantitative estimate of drug-likeness (QED) is 0.574. The van der Waals surface area contributed by atoms with Crippen LogP contribution < -0.4 is 0 Å². The third kappa shape index (κ3) is 3.07. The molecular weight excluding hydrogens is 248 g/mol. The van der Waals surface area contributed by atoms with Gasteiger partial charge in [-0.3, -0.25) is 0 Å². The predicted molar refractivity (Wildman–Crippen MR) is 79.9 cm³/mol. The van der Waals surface area contributed by atoms with Crippen LogP contribution >= 0.6 is 0 Å². The molecular formula is C18H16O2. The monoisotopic (exact) mass is 264 g/mol. The van der Waals surface area contributed by atoms with E-state index in [0.29, 0.717) is 5.57 Å². The number of hydrogen-bond acceptors (Lipinski definition) is 2. The maximum absolute atomic E-state index is 11.6. The summed E-state index contributed by atoms with van der Waals surface area (Å²) in [5.74, 6) is 5.79. The van der Waals surface area contributed by atoms with Gasteiger partial charge in [0.2, 0.25) is 0 Å². The lowest BCUT2D eigenvalue weighted by molar-refractivity contribution is -0.138. The molecule has 0 amide bonds. The van der Waals surface area contributed by atoms with E-state index in [1.54, 1.807) is 13.0 Å². The number of esters is 1. The summed E-state index contributed by atoms with van der Waals surface area (Å²) in [6.07, 6.45) is 1.80. The molecule has 2 heteroatoms. The SMILES string of the molecule is C=C(C)C1=C(C)C(=O)OC/C1=C\C#Cc1ccccc1. The fraction of sp³-hybridized carbons (Fsp3) is 0.167. The third-order valence-electron chi connectivity index (χ3n) is 3.02. The topological polar surface area (TPSA) is 26.3 Å². The molecule has 1 aliphatic rings. The van der Waals surface area contributed by atoms with E-state index >= 15 is 0 Å². The Balaban J connectivity index is 2.33. The lowest BCUT2D eigenvalue weighted by Crippen LogP contribution is -2.18. The number of cyclic esters (lactones) is 1. The standard InChI is InChI=1S/C18H16O2/c1-13(2)17-14(3)18(19)20-12-16(17)11-7-10-15-8-5-4-6-9-15/h4-6,8-9,11H,1,12H2,2-3H3/b16-11+. The number of carbonyl (C=O) groups is 1. The van der Waals surface area contributed by atoms with Crippen LogP contribution in [0.4, 0.5) is 0 Å². The lowest BCUT2D eigenvalue weighted by Gasteiger charge is -2.20. The number of benzene rings is 1. The summed E-state index contributed by atoms with van der Waals surface area (Å²) >= 11 is 0. The van der Waals surface area contributed by atoms with E-state index in [-0.39, 0.29) is 12.6 Å². The largest absolute Gasteiger partial charge is 0.457 e. The molecule has 1 aromatic carbocycles. The minimum atomic E-state index is -0.281. The minimum absolute atomic E-state index is 0.252. The Hall–Kier alpha value is -2.53. The highest BCUT2D eigenvalue weighted by atomic mass is 16.5. The fourth-order valence-electron chi connectivity index (χ4n) is 2.10. The van der Waals surface area contributed by atoms with Crippen molar-refractivity contribution in [3.05, 3.63) is 70.8 Å². The average molecular weight is 264 g/mol. The molecule has 0 radical (unpaired) electrons. The summed E-state index contributed by atoms with van der Waals surface area (Å²) < 4.78 is 5.11. The van der Waals surface area contributed by atoms with Gasteiger partial charge in [-0.15, -0.1) is 0 Å². The van der Waals surface area contributed by atoms with Crippen molar-refractivity contribution in [3.63, 3.8) is 0 Å². The van der Waals surface area contributed by atoms with Crippen LogP contribution in [0.25, 0.3) is 0 Å². The van der Waals surface area contributed by atoms with Gasteiger partial charge in [0.05, 0.1) is 0 Å². The number of ether oxygens (including phenoxy) is 1. The van der Waals surface area contributed by atoms with Crippen LogP contribution in [-0.2, 0) is 9.53 Å². The van der Waals surface area contributed by atoms with Crippen molar-refractivity contribution < 1.29 is 9.53 Å². The van der Waals surface area contributed by atoms with Crippen molar-refractivity contribution in [3.8, 4) is 11.8 Å². The summed E-state index contributed by atoms with van der Waals surface area (Å²) in [6.45, 7) is 7.82. The molecule has 0 saturated carbocycles. The third-order valence-corrected chi connectivity index (χ3v) is 3.02. The summed E-state index contributed by atoms with van der Waals surface area (Å²) in [5.41, 5.74) is 4.17. The maximum Gasteiger partial charge on any atom is 0.334 e. The normalized spacial score (nSPS) is 16.5. The van der Waals surface area contributed by atoms with Crippen molar-refractivity contribution in [1.29, 1.82) is 0 Å². The van der Waals surface area contributed by atoms with Gasteiger partial charge in [0, 0.05) is 16.7 Å². The molecule has 0 N–H and O–H groups in total. The highest BCUT2D eigenvalue weighted by Gasteiger charge is 2.22. The summed E-state index contributed by atoms with van der Waals surface area (Å²) in [4.78, 5) is 11.6. The molecule has 0 spiro atoms. The molecule has 0 unspecified atom stereocenters. The van der Waals surface area contributed by atoms with Crippen molar-refractivity contribution in [2.75, 3.05) is 6.61 Å². The highest BCUT2D eigenvalue weighted by molar-refractivity contribution is 5.92. The first kappa shape index (κ1) is 13.9. The first-order valence-electron chi connectivity index (χ1n) is 6.39. The van der Waals surface area contributed by atoms with E-state index in [4.69, 9.17) is 4.74 Å². The van der Waals surface area contributed by atoms with E-state index in [0.717, 1.165) is 22.3 Å². The molecule has 0 aromatic heterocycles. The summed E-state index contributed by atoms with van der Waals surface area (Å²) in [5, 5.41) is 0. The number of hydrogen-bond donors (Lipinski definition) is 0. The van der Waals surface area contributed by atoms with Crippen molar-refractivity contribution >= 4 is 5.97 Å². The molecule has 0 atom stereocenters. The predicted octanol–water partition coefficient (Wildman–Crippen LogP) is 3.41. The molecule has 2 rings (SSSR count). The zero-order valence-electron chi connectivity index (χ0n) is 11.7. The van der Waals surface area contributed by atoms with Gasteiger partial charge >= 0.3 is 5.97 Å². The Kier molecular flexibility index (Phi) is 4.22. The molecule has 20 heavy (non-hydrogen) atoms. The molecule has 0 saturated heterocycles. The van der Waals surface area contributed by atoms with Crippen LogP contribution in [0.3, 0.4) is 0 Å². The van der Waals surface area contributed by atoms with E-state index in [1.807, 2.05) is 37.3 Å².